The fourth-order valence-electron chi connectivity index (χ4n) is 4.16. The molecule has 2 aromatic rings. The molecular weight excluding hydrogens is 370 g/mol. The minimum absolute atomic E-state index is 0.000166. The van der Waals surface area contributed by atoms with E-state index in [2.05, 4.69) is 17.5 Å². The summed E-state index contributed by atoms with van der Waals surface area (Å²) >= 11 is 6.39. The van der Waals surface area contributed by atoms with Crippen molar-refractivity contribution in [1.29, 1.82) is 0 Å². The van der Waals surface area contributed by atoms with E-state index in [0.717, 1.165) is 23.2 Å². The monoisotopic (exact) mass is 385 g/mol. The summed E-state index contributed by atoms with van der Waals surface area (Å²) in [7, 11) is 0. The third-order valence-electron chi connectivity index (χ3n) is 5.39. The maximum Gasteiger partial charge on any atom is 0.270 e. The number of rotatable bonds is 3. The molecule has 2 aromatic carbocycles. The molecule has 138 valence electrons. The van der Waals surface area contributed by atoms with Crippen molar-refractivity contribution < 1.29 is 9.85 Å². The first-order valence-corrected chi connectivity index (χ1v) is 8.90. The van der Waals surface area contributed by atoms with Gasteiger partial charge in [-0.25, -0.2) is 0 Å². The zero-order valence-electron chi connectivity index (χ0n) is 14.4. The second kappa shape index (κ2) is 6.35. The fraction of sp³-hybridized carbons (Fsp3) is 0.263. The maximum atomic E-state index is 11.2. The van der Waals surface area contributed by atoms with Crippen LogP contribution in [0.4, 0.5) is 17.1 Å². The molecule has 0 unspecified atom stereocenters. The van der Waals surface area contributed by atoms with E-state index in [4.69, 9.17) is 11.6 Å². The number of benzene rings is 2. The second-order valence-corrected chi connectivity index (χ2v) is 7.33. The summed E-state index contributed by atoms with van der Waals surface area (Å²) in [4.78, 5) is 21.6. The van der Waals surface area contributed by atoms with Crippen molar-refractivity contribution in [2.45, 2.75) is 25.3 Å². The number of fused-ring (bicyclic) bond motifs is 3. The molecule has 4 rings (SSSR count). The van der Waals surface area contributed by atoms with Gasteiger partial charge in [0, 0.05) is 46.5 Å². The van der Waals surface area contributed by atoms with Crippen LogP contribution in [0, 0.1) is 33.1 Å². The summed E-state index contributed by atoms with van der Waals surface area (Å²) in [6, 6.07) is 7.39. The van der Waals surface area contributed by atoms with Crippen LogP contribution < -0.4 is 5.32 Å². The largest absolute Gasteiger partial charge is 0.377 e. The van der Waals surface area contributed by atoms with Crippen LogP contribution in [0.25, 0.3) is 0 Å². The number of allylic oxidation sites excluding steroid dienone is 2. The zero-order chi connectivity index (χ0) is 19.3. The lowest BCUT2D eigenvalue weighted by Gasteiger charge is -2.38. The van der Waals surface area contributed by atoms with Gasteiger partial charge in [0.05, 0.1) is 15.9 Å². The van der Waals surface area contributed by atoms with Crippen molar-refractivity contribution in [1.82, 2.24) is 0 Å². The summed E-state index contributed by atoms with van der Waals surface area (Å²) < 4.78 is 0. The van der Waals surface area contributed by atoms with Gasteiger partial charge in [-0.2, -0.15) is 0 Å². The average Bonchev–Trinajstić information content (AvgIpc) is 3.11. The van der Waals surface area contributed by atoms with Crippen LogP contribution in [0.15, 0.2) is 42.5 Å². The number of halogens is 1. The highest BCUT2D eigenvalue weighted by atomic mass is 35.5. The Morgan fingerprint density at radius 2 is 1.78 bits per heavy atom. The lowest BCUT2D eigenvalue weighted by atomic mass is 9.76. The van der Waals surface area contributed by atoms with E-state index >= 15 is 0 Å². The number of nitrogens with zero attached hydrogens (tertiary/aromatic N) is 2. The molecular formula is C19H16ClN3O4. The molecule has 0 bridgehead atoms. The molecule has 0 radical (unpaired) electrons. The van der Waals surface area contributed by atoms with Gasteiger partial charge in [-0.15, -0.1) is 0 Å². The summed E-state index contributed by atoms with van der Waals surface area (Å²) in [5, 5.41) is 26.4. The molecule has 1 aliphatic heterocycles. The van der Waals surface area contributed by atoms with Crippen LogP contribution in [0.1, 0.15) is 35.1 Å². The average molecular weight is 386 g/mol. The van der Waals surface area contributed by atoms with Crippen LogP contribution >= 0.6 is 11.6 Å². The number of nitro groups is 2. The smallest absolute Gasteiger partial charge is 0.270 e. The van der Waals surface area contributed by atoms with Crippen molar-refractivity contribution in [3.8, 4) is 0 Å². The maximum absolute atomic E-state index is 11.2. The second-order valence-electron chi connectivity index (χ2n) is 6.92. The van der Waals surface area contributed by atoms with Gasteiger partial charge in [-0.05, 0) is 36.5 Å². The number of nitrogens with one attached hydrogen (secondary N) is 1. The first kappa shape index (κ1) is 17.5. The Bertz CT molecular complexity index is 1000. The quantitative estimate of drug-likeness (QED) is 0.439. The Kier molecular flexibility index (Phi) is 4.11. The number of non-ortho nitro benzene ring substituents is 2. The summed E-state index contributed by atoms with van der Waals surface area (Å²) in [5.41, 5.74) is 3.22. The summed E-state index contributed by atoms with van der Waals surface area (Å²) in [6.07, 6.45) is 4.88. The Balaban J connectivity index is 1.85. The molecule has 0 saturated heterocycles. The Morgan fingerprint density at radius 3 is 2.48 bits per heavy atom. The van der Waals surface area contributed by atoms with Crippen molar-refractivity contribution in [3.63, 3.8) is 0 Å². The third-order valence-corrected chi connectivity index (χ3v) is 5.73. The molecule has 0 spiro atoms. The van der Waals surface area contributed by atoms with Crippen LogP contribution in [0.5, 0.6) is 0 Å². The summed E-state index contributed by atoms with van der Waals surface area (Å²) in [5.74, 6) is 0.0820. The zero-order valence-corrected chi connectivity index (χ0v) is 15.1. The van der Waals surface area contributed by atoms with Gasteiger partial charge < -0.3 is 5.32 Å². The molecule has 1 N–H and O–H groups in total. The molecule has 1 aliphatic carbocycles. The lowest BCUT2D eigenvalue weighted by Crippen LogP contribution is -2.30. The molecule has 0 saturated carbocycles. The molecule has 3 atom stereocenters. The Morgan fingerprint density at radius 1 is 1.07 bits per heavy atom. The third kappa shape index (κ3) is 2.84. The van der Waals surface area contributed by atoms with Gasteiger partial charge in [-0.1, -0.05) is 23.8 Å². The van der Waals surface area contributed by atoms with Gasteiger partial charge >= 0.3 is 0 Å². The molecule has 0 fully saturated rings. The van der Waals surface area contributed by atoms with Crippen LogP contribution in [-0.2, 0) is 0 Å². The van der Waals surface area contributed by atoms with Crippen LogP contribution in [-0.4, -0.2) is 9.85 Å². The van der Waals surface area contributed by atoms with Gasteiger partial charge in [0.25, 0.3) is 11.4 Å². The number of hydrogen-bond acceptors (Lipinski definition) is 5. The fourth-order valence-corrected chi connectivity index (χ4v) is 4.40. The van der Waals surface area contributed by atoms with Crippen LogP contribution in [0.3, 0.4) is 0 Å². The van der Waals surface area contributed by atoms with Gasteiger partial charge in [0.1, 0.15) is 0 Å². The van der Waals surface area contributed by atoms with Crippen molar-refractivity contribution in [2.75, 3.05) is 5.32 Å². The molecule has 0 amide bonds. The van der Waals surface area contributed by atoms with E-state index in [1.54, 1.807) is 12.1 Å². The van der Waals surface area contributed by atoms with Crippen LogP contribution in [0.2, 0.25) is 5.02 Å². The number of nitro benzene ring substituents is 2. The number of hydrogen-bond donors (Lipinski definition) is 1. The van der Waals surface area contributed by atoms with Crippen molar-refractivity contribution in [3.05, 3.63) is 84.4 Å². The van der Waals surface area contributed by atoms with E-state index in [1.165, 1.54) is 18.2 Å². The molecule has 0 aromatic heterocycles. The Hall–Kier alpha value is -2.93. The molecule has 27 heavy (non-hydrogen) atoms. The highest BCUT2D eigenvalue weighted by molar-refractivity contribution is 6.31. The molecule has 2 aliphatic rings. The highest BCUT2D eigenvalue weighted by Gasteiger charge is 2.40. The number of anilines is 1. The van der Waals surface area contributed by atoms with E-state index in [9.17, 15) is 20.2 Å². The van der Waals surface area contributed by atoms with Gasteiger partial charge in [-0.3, -0.25) is 20.2 Å². The molecule has 8 heteroatoms. The molecule has 1 heterocycles. The minimum atomic E-state index is -0.435. The Labute approximate surface area is 160 Å². The van der Waals surface area contributed by atoms with E-state index < -0.39 is 4.92 Å². The highest BCUT2D eigenvalue weighted by Crippen LogP contribution is 2.52. The number of aryl methyl sites for hydroxylation is 1. The SMILES string of the molecule is Cc1cc([N+](=O)[O-])cc2c1N[C@H](c1cc([N+](=O)[O-])ccc1Cl)[C@@H]1CC=C[C@H]21. The predicted octanol–water partition coefficient (Wildman–Crippen LogP) is 5.29. The van der Waals surface area contributed by atoms with E-state index in [-0.39, 0.29) is 34.2 Å². The molecule has 7 nitrogen and oxygen atoms in total. The van der Waals surface area contributed by atoms with E-state index in [0.29, 0.717) is 10.6 Å². The normalized spacial score (nSPS) is 22.7. The topological polar surface area (TPSA) is 98.3 Å². The lowest BCUT2D eigenvalue weighted by molar-refractivity contribution is -0.385. The van der Waals surface area contributed by atoms with Gasteiger partial charge in [0.15, 0.2) is 0 Å². The first-order chi connectivity index (χ1) is 12.9. The minimum Gasteiger partial charge on any atom is -0.377 e. The standard InChI is InChI=1S/C19H16ClN3O4/c1-10-7-12(23(26)27)9-15-13-3-2-4-14(13)19(21-18(10)15)16-8-11(22(24)25)5-6-17(16)20/h2-3,5-9,13-14,19,21H,4H2,1H3/t13-,14+,19-/m0/s1. The predicted molar refractivity (Wildman–Crippen MR) is 102 cm³/mol. The van der Waals surface area contributed by atoms with Crippen molar-refractivity contribution in [2.24, 2.45) is 5.92 Å². The van der Waals surface area contributed by atoms with E-state index in [1.807, 2.05) is 6.92 Å². The van der Waals surface area contributed by atoms with Crippen molar-refractivity contribution >= 4 is 28.7 Å². The first-order valence-electron chi connectivity index (χ1n) is 8.53. The summed E-state index contributed by atoms with van der Waals surface area (Å²) in [6.45, 7) is 1.82. The van der Waals surface area contributed by atoms with Gasteiger partial charge in [0.2, 0.25) is 0 Å².